The summed E-state index contributed by atoms with van der Waals surface area (Å²) in [6, 6.07) is 5.76. The second-order valence-electron chi connectivity index (χ2n) is 2.88. The summed E-state index contributed by atoms with van der Waals surface area (Å²) in [5.41, 5.74) is 0.842. The Labute approximate surface area is 95.7 Å². The van der Waals surface area contributed by atoms with Gasteiger partial charge in [0.25, 0.3) is 0 Å². The number of rotatable bonds is 2. The van der Waals surface area contributed by atoms with Crippen LogP contribution in [0.15, 0.2) is 22.4 Å². The minimum atomic E-state index is 0.294. The molecule has 1 aromatic carbocycles. The zero-order valence-electron chi connectivity index (χ0n) is 7.58. The Hall–Kier alpha value is -0.380. The third-order valence-electron chi connectivity index (χ3n) is 2.08. The smallest absolute Gasteiger partial charge is 0.121 e. The summed E-state index contributed by atoms with van der Waals surface area (Å²) in [6.45, 7) is 0. The highest BCUT2D eigenvalue weighted by Crippen LogP contribution is 2.37. The molecule has 1 aromatic heterocycles. The van der Waals surface area contributed by atoms with E-state index in [-0.39, 0.29) is 0 Å². The largest absolute Gasteiger partial charge is 0.508 e. The summed E-state index contributed by atoms with van der Waals surface area (Å²) in [6.07, 6.45) is 2.05. The van der Waals surface area contributed by atoms with Gasteiger partial charge in [-0.1, -0.05) is 0 Å². The van der Waals surface area contributed by atoms with Crippen LogP contribution < -0.4 is 0 Å². The van der Waals surface area contributed by atoms with Gasteiger partial charge in [-0.2, -0.15) is 0 Å². The zero-order chi connectivity index (χ0) is 10.1. The third-order valence-corrected chi connectivity index (χ3v) is 4.62. The lowest BCUT2D eigenvalue weighted by Gasteiger charge is -2.00. The first kappa shape index (κ1) is 10.1. The Morgan fingerprint density at radius 2 is 2.29 bits per heavy atom. The lowest BCUT2D eigenvalue weighted by molar-refractivity contribution is 0.472. The molecule has 2 rings (SSSR count). The van der Waals surface area contributed by atoms with Gasteiger partial charge in [-0.05, 0) is 29.8 Å². The number of phenols is 1. The van der Waals surface area contributed by atoms with Crippen LogP contribution in [0.2, 0.25) is 0 Å². The monoisotopic (exact) mass is 244 g/mol. The molecule has 0 aliphatic rings. The van der Waals surface area contributed by atoms with E-state index in [0.29, 0.717) is 11.6 Å². The molecule has 74 valence electrons. The molecule has 0 saturated carbocycles. The van der Waals surface area contributed by atoms with E-state index in [1.807, 2.05) is 12.3 Å². The van der Waals surface area contributed by atoms with Crippen molar-refractivity contribution >= 4 is 44.8 Å². The Kier molecular flexibility index (Phi) is 2.91. The molecule has 1 N–H and O–H groups in total. The van der Waals surface area contributed by atoms with Crippen molar-refractivity contribution in [2.24, 2.45) is 0 Å². The van der Waals surface area contributed by atoms with E-state index in [4.69, 9.17) is 11.6 Å². The molecule has 0 radical (unpaired) electrons. The summed E-state index contributed by atoms with van der Waals surface area (Å²) < 4.78 is 2.35. The maximum absolute atomic E-state index is 9.61. The summed E-state index contributed by atoms with van der Waals surface area (Å²) in [4.78, 5) is 0. The van der Waals surface area contributed by atoms with Crippen LogP contribution in [0.25, 0.3) is 10.1 Å². The highest BCUT2D eigenvalue weighted by molar-refractivity contribution is 8.00. The molecule has 0 bridgehead atoms. The number of halogens is 1. The van der Waals surface area contributed by atoms with Crippen molar-refractivity contribution in [3.05, 3.63) is 23.8 Å². The molecular weight excluding hydrogens is 236 g/mol. The number of thiophene rings is 1. The third kappa shape index (κ3) is 1.60. The number of alkyl halides is 1. The van der Waals surface area contributed by atoms with E-state index < -0.39 is 0 Å². The quantitative estimate of drug-likeness (QED) is 0.635. The van der Waals surface area contributed by atoms with E-state index in [1.165, 1.54) is 4.21 Å². The minimum Gasteiger partial charge on any atom is -0.508 e. The highest BCUT2D eigenvalue weighted by Gasteiger charge is 2.09. The van der Waals surface area contributed by atoms with Gasteiger partial charge in [0.05, 0.1) is 10.1 Å². The number of thioether (sulfide) groups is 1. The first-order chi connectivity index (χ1) is 6.76. The van der Waals surface area contributed by atoms with Crippen molar-refractivity contribution in [3.8, 4) is 5.75 Å². The standard InChI is InChI=1S/C10H9ClOS2/c1-13-9-4-6-2-3-8(12)7(5-11)10(6)14-9/h2-4,12H,5H2,1H3. The fraction of sp³-hybridized carbons (Fsp3) is 0.200. The Balaban J connectivity index is 2.73. The number of fused-ring (bicyclic) bond motifs is 1. The van der Waals surface area contributed by atoms with Gasteiger partial charge in [0.15, 0.2) is 0 Å². The number of phenolic OH excluding ortho intramolecular Hbond substituents is 1. The van der Waals surface area contributed by atoms with Gasteiger partial charge in [-0.25, -0.2) is 0 Å². The molecule has 0 atom stereocenters. The fourth-order valence-corrected chi connectivity index (χ4v) is 3.47. The minimum absolute atomic E-state index is 0.294. The van der Waals surface area contributed by atoms with Crippen molar-refractivity contribution in [3.63, 3.8) is 0 Å². The normalized spacial score (nSPS) is 11.0. The summed E-state index contributed by atoms with van der Waals surface area (Å²) in [7, 11) is 0. The van der Waals surface area contributed by atoms with Gasteiger partial charge in [0, 0.05) is 10.3 Å². The van der Waals surface area contributed by atoms with Crippen molar-refractivity contribution in [1.29, 1.82) is 0 Å². The van der Waals surface area contributed by atoms with Gasteiger partial charge in [-0.3, -0.25) is 0 Å². The molecular formula is C10H9ClOS2. The first-order valence-electron chi connectivity index (χ1n) is 4.10. The summed E-state index contributed by atoms with van der Waals surface area (Å²) >= 11 is 9.20. The number of benzene rings is 1. The van der Waals surface area contributed by atoms with E-state index in [2.05, 4.69) is 6.07 Å². The van der Waals surface area contributed by atoms with Crippen molar-refractivity contribution in [2.45, 2.75) is 10.1 Å². The molecule has 0 amide bonds. The van der Waals surface area contributed by atoms with Crippen molar-refractivity contribution < 1.29 is 5.11 Å². The summed E-state index contributed by atoms with van der Waals surface area (Å²) in [5.74, 6) is 0.652. The van der Waals surface area contributed by atoms with Crippen LogP contribution in [0.3, 0.4) is 0 Å². The van der Waals surface area contributed by atoms with Crippen LogP contribution in [0, 0.1) is 0 Å². The van der Waals surface area contributed by atoms with Crippen LogP contribution in [0.5, 0.6) is 5.75 Å². The molecule has 0 unspecified atom stereocenters. The van der Waals surface area contributed by atoms with Crippen LogP contribution >= 0.6 is 34.7 Å². The molecule has 4 heteroatoms. The Bertz CT molecular complexity index is 464. The van der Waals surface area contributed by atoms with Gasteiger partial charge in [-0.15, -0.1) is 34.7 Å². The first-order valence-corrected chi connectivity index (χ1v) is 6.68. The molecule has 0 fully saturated rings. The molecule has 0 spiro atoms. The molecule has 0 aliphatic carbocycles. The molecule has 0 aliphatic heterocycles. The van der Waals surface area contributed by atoms with Gasteiger partial charge in [0.2, 0.25) is 0 Å². The Morgan fingerprint density at radius 1 is 1.50 bits per heavy atom. The lowest BCUT2D eigenvalue weighted by atomic mass is 10.2. The van der Waals surface area contributed by atoms with Gasteiger partial charge < -0.3 is 5.11 Å². The maximum atomic E-state index is 9.61. The van der Waals surface area contributed by atoms with E-state index >= 15 is 0 Å². The SMILES string of the molecule is CSc1cc2ccc(O)c(CCl)c2s1. The molecule has 0 saturated heterocycles. The van der Waals surface area contributed by atoms with Crippen LogP contribution in [0.1, 0.15) is 5.56 Å². The van der Waals surface area contributed by atoms with Crippen molar-refractivity contribution in [1.82, 2.24) is 0 Å². The van der Waals surface area contributed by atoms with Gasteiger partial charge in [0.1, 0.15) is 5.75 Å². The molecule has 14 heavy (non-hydrogen) atoms. The number of hydrogen-bond donors (Lipinski definition) is 1. The average molecular weight is 245 g/mol. The average Bonchev–Trinajstić information content (AvgIpc) is 2.60. The maximum Gasteiger partial charge on any atom is 0.121 e. The lowest BCUT2D eigenvalue weighted by Crippen LogP contribution is -1.78. The van der Waals surface area contributed by atoms with Crippen LogP contribution in [-0.2, 0) is 5.88 Å². The summed E-state index contributed by atoms with van der Waals surface area (Å²) in [5, 5.41) is 10.8. The van der Waals surface area contributed by atoms with E-state index in [1.54, 1.807) is 29.2 Å². The van der Waals surface area contributed by atoms with Crippen LogP contribution in [-0.4, -0.2) is 11.4 Å². The number of aromatic hydroxyl groups is 1. The molecule has 1 heterocycles. The van der Waals surface area contributed by atoms with Crippen molar-refractivity contribution in [2.75, 3.05) is 6.26 Å². The molecule has 2 aromatic rings. The predicted octanol–water partition coefficient (Wildman–Crippen LogP) is 4.07. The molecule has 1 nitrogen and oxygen atoms in total. The number of hydrogen-bond acceptors (Lipinski definition) is 3. The highest BCUT2D eigenvalue weighted by atomic mass is 35.5. The topological polar surface area (TPSA) is 20.2 Å². The van der Waals surface area contributed by atoms with Gasteiger partial charge >= 0.3 is 0 Å². The second-order valence-corrected chi connectivity index (χ2v) is 5.31. The zero-order valence-corrected chi connectivity index (χ0v) is 9.97. The Morgan fingerprint density at radius 3 is 2.93 bits per heavy atom. The van der Waals surface area contributed by atoms with Crippen LogP contribution in [0.4, 0.5) is 0 Å². The van der Waals surface area contributed by atoms with E-state index in [0.717, 1.165) is 15.6 Å². The second kappa shape index (κ2) is 4.01. The fourth-order valence-electron chi connectivity index (χ4n) is 1.36. The predicted molar refractivity (Wildman–Crippen MR) is 64.8 cm³/mol. The van der Waals surface area contributed by atoms with E-state index in [9.17, 15) is 5.11 Å².